The minimum absolute atomic E-state index is 0.0415. The van der Waals surface area contributed by atoms with Crippen molar-refractivity contribution in [1.29, 1.82) is 0 Å². The summed E-state index contributed by atoms with van der Waals surface area (Å²) in [5, 5.41) is 18.0. The molecule has 14 heteroatoms. The van der Waals surface area contributed by atoms with E-state index < -0.39 is 36.3 Å². The zero-order chi connectivity index (χ0) is 29.6. The normalized spacial score (nSPS) is 19.0. The molecule has 1 aliphatic heterocycles. The third kappa shape index (κ3) is 5.45. The molecule has 1 fully saturated rings. The van der Waals surface area contributed by atoms with Gasteiger partial charge in [0.25, 0.3) is 12.0 Å². The SMILES string of the molecule is CNC1Cc2ccc(-c3snc4c(=O)n(CC5(O)CCN(C(=O)CC(C(F)F)n6ccc(F)n6)CC5)cnc34)cc2C1. The number of nitrogens with one attached hydrogen (secondary N) is 1. The van der Waals surface area contributed by atoms with Crippen LogP contribution in [0.5, 0.6) is 0 Å². The van der Waals surface area contributed by atoms with Crippen molar-refractivity contribution < 1.29 is 23.1 Å². The van der Waals surface area contributed by atoms with Crippen molar-refractivity contribution in [3.8, 4) is 10.4 Å². The minimum Gasteiger partial charge on any atom is -0.388 e. The lowest BCUT2D eigenvalue weighted by Gasteiger charge is -2.38. The fraction of sp³-hybridized carbons (Fsp3) is 0.464. The van der Waals surface area contributed by atoms with E-state index in [1.54, 1.807) is 0 Å². The van der Waals surface area contributed by atoms with E-state index in [1.165, 1.54) is 38.5 Å². The van der Waals surface area contributed by atoms with Crippen LogP contribution in [0.4, 0.5) is 13.2 Å². The number of alkyl halides is 2. The smallest absolute Gasteiger partial charge is 0.281 e. The van der Waals surface area contributed by atoms with Crippen LogP contribution in [0.25, 0.3) is 21.5 Å². The number of hydrogen-bond donors (Lipinski definition) is 2. The number of likely N-dealkylation sites (tertiary alicyclic amines) is 1. The van der Waals surface area contributed by atoms with Gasteiger partial charge in [-0.3, -0.25) is 18.8 Å². The summed E-state index contributed by atoms with van der Waals surface area (Å²) >= 11 is 1.22. The van der Waals surface area contributed by atoms with Crippen molar-refractivity contribution in [3.63, 3.8) is 0 Å². The predicted octanol–water partition coefficient (Wildman–Crippen LogP) is 2.79. The second-order valence-electron chi connectivity index (χ2n) is 11.1. The number of hydrogen-bond acceptors (Lipinski definition) is 8. The van der Waals surface area contributed by atoms with Gasteiger partial charge in [0.15, 0.2) is 5.52 Å². The Labute approximate surface area is 243 Å². The van der Waals surface area contributed by atoms with Gasteiger partial charge >= 0.3 is 0 Å². The van der Waals surface area contributed by atoms with Crippen molar-refractivity contribution in [2.45, 2.75) is 62.8 Å². The van der Waals surface area contributed by atoms with Crippen LogP contribution in [0.15, 0.2) is 41.6 Å². The minimum atomic E-state index is -2.91. The zero-order valence-corrected chi connectivity index (χ0v) is 23.7. The number of aliphatic hydroxyl groups is 1. The zero-order valence-electron chi connectivity index (χ0n) is 22.8. The van der Waals surface area contributed by atoms with Crippen LogP contribution in [-0.2, 0) is 24.2 Å². The van der Waals surface area contributed by atoms with E-state index in [1.807, 2.05) is 13.1 Å². The number of aromatic nitrogens is 5. The first-order valence-electron chi connectivity index (χ1n) is 13.8. The predicted molar refractivity (Wildman–Crippen MR) is 150 cm³/mol. The Morgan fingerprint density at radius 3 is 2.64 bits per heavy atom. The highest BCUT2D eigenvalue weighted by molar-refractivity contribution is 7.11. The summed E-state index contributed by atoms with van der Waals surface area (Å²) in [5.74, 6) is -1.44. The van der Waals surface area contributed by atoms with E-state index in [9.17, 15) is 27.9 Å². The Kier molecular flexibility index (Phi) is 7.62. The van der Waals surface area contributed by atoms with Crippen LogP contribution in [0.1, 0.15) is 36.4 Å². The molecule has 10 nitrogen and oxygen atoms in total. The lowest BCUT2D eigenvalue weighted by molar-refractivity contribution is -0.138. The summed E-state index contributed by atoms with van der Waals surface area (Å²) < 4.78 is 46.9. The van der Waals surface area contributed by atoms with E-state index in [4.69, 9.17) is 0 Å². The number of piperidine rings is 1. The molecule has 4 aromatic rings. The van der Waals surface area contributed by atoms with Crippen LogP contribution in [0.2, 0.25) is 0 Å². The Hall–Kier alpha value is -3.62. The summed E-state index contributed by atoms with van der Waals surface area (Å²) in [6.07, 6.45) is 1.24. The molecule has 1 amide bonds. The number of nitrogens with zero attached hydrogens (tertiary/aromatic N) is 6. The first-order chi connectivity index (χ1) is 20.1. The third-order valence-electron chi connectivity index (χ3n) is 8.37. The van der Waals surface area contributed by atoms with Gasteiger partial charge in [0, 0.05) is 31.4 Å². The van der Waals surface area contributed by atoms with Gasteiger partial charge in [-0.25, -0.2) is 13.8 Å². The number of benzene rings is 1. The Morgan fingerprint density at radius 1 is 1.19 bits per heavy atom. The monoisotopic (exact) mass is 601 g/mol. The molecule has 3 aromatic heterocycles. The average Bonchev–Trinajstić information content (AvgIpc) is 3.71. The molecule has 1 saturated heterocycles. The number of amides is 1. The second-order valence-corrected chi connectivity index (χ2v) is 11.9. The first kappa shape index (κ1) is 28.5. The first-order valence-corrected chi connectivity index (χ1v) is 14.5. The Balaban J connectivity index is 1.13. The molecule has 2 unspecified atom stereocenters. The summed E-state index contributed by atoms with van der Waals surface area (Å²) in [6, 6.07) is 6.06. The molecule has 1 aromatic carbocycles. The largest absolute Gasteiger partial charge is 0.388 e. The molecule has 0 bridgehead atoms. The van der Waals surface area contributed by atoms with Crippen molar-refractivity contribution in [3.05, 3.63) is 64.2 Å². The van der Waals surface area contributed by atoms with E-state index >= 15 is 0 Å². The van der Waals surface area contributed by atoms with Crippen molar-refractivity contribution >= 4 is 28.5 Å². The number of halogens is 3. The van der Waals surface area contributed by atoms with E-state index in [0.29, 0.717) is 11.6 Å². The maximum atomic E-state index is 13.6. The van der Waals surface area contributed by atoms with Gasteiger partial charge in [-0.1, -0.05) is 12.1 Å². The fourth-order valence-corrected chi connectivity index (χ4v) is 6.70. The summed E-state index contributed by atoms with van der Waals surface area (Å²) in [4.78, 5) is 32.9. The lowest BCUT2D eigenvalue weighted by Crippen LogP contribution is -2.50. The summed E-state index contributed by atoms with van der Waals surface area (Å²) in [7, 11) is 1.96. The van der Waals surface area contributed by atoms with Crippen molar-refractivity contribution in [2.75, 3.05) is 20.1 Å². The van der Waals surface area contributed by atoms with E-state index in [0.717, 1.165) is 40.2 Å². The van der Waals surface area contributed by atoms with Crippen LogP contribution in [0.3, 0.4) is 0 Å². The third-order valence-corrected chi connectivity index (χ3v) is 9.25. The van der Waals surface area contributed by atoms with Crippen molar-refractivity contribution in [2.24, 2.45) is 0 Å². The molecule has 2 aliphatic rings. The molecule has 0 saturated carbocycles. The van der Waals surface area contributed by atoms with Gasteiger partial charge in [0.05, 0.1) is 29.8 Å². The fourth-order valence-electron chi connectivity index (χ4n) is 5.88. The number of rotatable bonds is 8. The lowest BCUT2D eigenvalue weighted by atomic mass is 9.91. The van der Waals surface area contributed by atoms with E-state index in [-0.39, 0.29) is 43.6 Å². The van der Waals surface area contributed by atoms with Crippen LogP contribution in [-0.4, -0.2) is 77.8 Å². The molecule has 42 heavy (non-hydrogen) atoms. The number of likely N-dealkylation sites (N-methyl/N-ethyl adjacent to an activating group) is 1. The Morgan fingerprint density at radius 2 is 1.95 bits per heavy atom. The highest BCUT2D eigenvalue weighted by atomic mass is 32.1. The molecule has 222 valence electrons. The Bertz CT molecular complexity index is 1680. The van der Waals surface area contributed by atoms with E-state index in [2.05, 4.69) is 31.9 Å². The molecule has 4 heterocycles. The molecular weight excluding hydrogens is 571 g/mol. The van der Waals surface area contributed by atoms with Gasteiger partial charge in [-0.05, 0) is 67.0 Å². The topological polar surface area (TPSA) is 118 Å². The molecular formula is C28H30F3N7O3S. The maximum Gasteiger partial charge on any atom is 0.281 e. The molecule has 6 rings (SSSR count). The molecule has 2 N–H and O–H groups in total. The molecule has 1 aliphatic carbocycles. The van der Waals surface area contributed by atoms with Crippen LogP contribution >= 0.6 is 11.5 Å². The van der Waals surface area contributed by atoms with Gasteiger partial charge in [-0.15, -0.1) is 5.10 Å². The molecule has 2 atom stereocenters. The summed E-state index contributed by atoms with van der Waals surface area (Å²) in [6.45, 7) is 0.202. The van der Waals surface area contributed by atoms with Crippen LogP contribution in [0, 0.1) is 5.95 Å². The highest BCUT2D eigenvalue weighted by Gasteiger charge is 2.36. The van der Waals surface area contributed by atoms with Crippen molar-refractivity contribution in [1.82, 2.24) is 33.9 Å². The second kappa shape index (κ2) is 11.2. The average molecular weight is 602 g/mol. The van der Waals surface area contributed by atoms with Crippen LogP contribution < -0.4 is 10.9 Å². The van der Waals surface area contributed by atoms with Gasteiger partial charge < -0.3 is 15.3 Å². The summed E-state index contributed by atoms with van der Waals surface area (Å²) in [5.41, 5.74) is 2.63. The highest BCUT2D eigenvalue weighted by Crippen LogP contribution is 2.34. The number of carbonyl (C=O) groups excluding carboxylic acids is 1. The van der Waals surface area contributed by atoms with Gasteiger partial charge in [0.1, 0.15) is 11.6 Å². The van der Waals surface area contributed by atoms with Gasteiger partial charge in [-0.2, -0.15) is 8.76 Å². The number of fused-ring (bicyclic) bond motifs is 2. The number of carbonyl (C=O) groups is 1. The molecule has 0 spiro atoms. The van der Waals surface area contributed by atoms with Gasteiger partial charge in [0.2, 0.25) is 11.9 Å². The maximum absolute atomic E-state index is 13.6. The quantitative estimate of drug-likeness (QED) is 0.319. The standard InChI is InChI=1S/C28H30F3N7O3S/c1-32-19-11-16-2-3-17(10-18(16)12-19)25-23-24(35-42-25)27(40)37(15-33-23)14-28(41)5-8-36(9-6-28)22(39)13-20(26(30)31)38-7-4-21(29)34-38/h2-4,7,10,15,19-20,26,32,41H,5-6,8-9,11-14H2,1H3. The molecule has 0 radical (unpaired) electrons.